The molecule has 2 fully saturated rings. The molecule has 8 nitrogen and oxygen atoms in total. The smallest absolute Gasteiger partial charge is 0.194 e. The van der Waals surface area contributed by atoms with Crippen LogP contribution in [0, 0.1) is 0 Å². The highest BCUT2D eigenvalue weighted by atomic mass is 127. The van der Waals surface area contributed by atoms with E-state index in [1.165, 1.54) is 0 Å². The number of benzene rings is 1. The summed E-state index contributed by atoms with van der Waals surface area (Å²) in [6.45, 7) is 10.5. The van der Waals surface area contributed by atoms with Gasteiger partial charge in [-0.3, -0.25) is 0 Å². The van der Waals surface area contributed by atoms with E-state index < -0.39 is 0 Å². The summed E-state index contributed by atoms with van der Waals surface area (Å²) < 4.78 is 11.1. The maximum absolute atomic E-state index is 5.55. The lowest BCUT2D eigenvalue weighted by Crippen LogP contribution is -2.52. The van der Waals surface area contributed by atoms with Crippen LogP contribution in [0.25, 0.3) is 0 Å². The van der Waals surface area contributed by atoms with Gasteiger partial charge in [0.2, 0.25) is 0 Å². The van der Waals surface area contributed by atoms with Gasteiger partial charge in [0.15, 0.2) is 5.96 Å². The summed E-state index contributed by atoms with van der Waals surface area (Å²) in [6, 6.07) is 12.3. The summed E-state index contributed by atoms with van der Waals surface area (Å²) in [7, 11) is 1.73. The number of rotatable bonds is 6. The van der Waals surface area contributed by atoms with Gasteiger partial charge >= 0.3 is 0 Å². The Hall–Kier alpha value is -2.27. The van der Waals surface area contributed by atoms with Gasteiger partial charge in [0, 0.05) is 57.6 Å². The molecule has 2 aromatic rings. The molecule has 0 aliphatic carbocycles. The number of pyridine rings is 1. The number of piperazine rings is 1. The number of guanidine groups is 1. The standard InChI is InChI=1S/C24H34N6O2.HI/c1-3-25-24(27-19-20-7-6-10-26-23(20)29-15-17-32-18-16-29)30-13-11-28(12-14-30)21-8-4-5-9-22(21)31-2;/h4-10H,3,11-19H2,1-2H3,(H,25,27);1H. The van der Waals surface area contributed by atoms with Crippen LogP contribution in [0.4, 0.5) is 11.5 Å². The fourth-order valence-corrected chi connectivity index (χ4v) is 4.25. The lowest BCUT2D eigenvalue weighted by Gasteiger charge is -2.38. The quantitative estimate of drug-likeness (QED) is 0.328. The van der Waals surface area contributed by atoms with Crippen LogP contribution in [0.1, 0.15) is 12.5 Å². The fraction of sp³-hybridized carbons (Fsp3) is 0.500. The lowest BCUT2D eigenvalue weighted by molar-refractivity contribution is 0.122. The fourth-order valence-electron chi connectivity index (χ4n) is 4.25. The Morgan fingerprint density at radius 3 is 2.52 bits per heavy atom. The number of hydrogen-bond donors (Lipinski definition) is 1. The monoisotopic (exact) mass is 566 g/mol. The number of nitrogens with one attached hydrogen (secondary N) is 1. The van der Waals surface area contributed by atoms with Crippen molar-refractivity contribution in [2.75, 3.05) is 75.9 Å². The Morgan fingerprint density at radius 1 is 1.03 bits per heavy atom. The third kappa shape index (κ3) is 6.41. The van der Waals surface area contributed by atoms with E-state index in [9.17, 15) is 0 Å². The third-order valence-electron chi connectivity index (χ3n) is 5.92. The van der Waals surface area contributed by atoms with Crippen molar-refractivity contribution in [3.8, 4) is 5.75 Å². The maximum atomic E-state index is 5.55. The van der Waals surface area contributed by atoms with Crippen molar-refractivity contribution < 1.29 is 9.47 Å². The molecule has 2 aliphatic heterocycles. The zero-order valence-electron chi connectivity index (χ0n) is 19.6. The SMILES string of the molecule is CCNC(=NCc1cccnc1N1CCOCC1)N1CCN(c2ccccc2OC)CC1.I. The Kier molecular flexibility index (Phi) is 9.86. The van der Waals surface area contributed by atoms with Crippen molar-refractivity contribution >= 4 is 41.4 Å². The molecule has 0 unspecified atom stereocenters. The summed E-state index contributed by atoms with van der Waals surface area (Å²) in [4.78, 5) is 16.7. The highest BCUT2D eigenvalue weighted by Crippen LogP contribution is 2.28. The zero-order valence-corrected chi connectivity index (χ0v) is 21.9. The molecule has 1 aromatic carbocycles. The van der Waals surface area contributed by atoms with E-state index in [0.717, 1.165) is 87.8 Å². The summed E-state index contributed by atoms with van der Waals surface area (Å²) >= 11 is 0. The van der Waals surface area contributed by atoms with Crippen molar-refractivity contribution in [1.82, 2.24) is 15.2 Å². The molecule has 0 atom stereocenters. The van der Waals surface area contributed by atoms with E-state index in [0.29, 0.717) is 6.54 Å². The maximum Gasteiger partial charge on any atom is 0.194 e. The molecule has 0 radical (unpaired) electrons. The van der Waals surface area contributed by atoms with Crippen LogP contribution in [0.5, 0.6) is 5.75 Å². The minimum Gasteiger partial charge on any atom is -0.495 e. The number of nitrogens with zero attached hydrogens (tertiary/aromatic N) is 5. The number of hydrogen-bond acceptors (Lipinski definition) is 6. The van der Waals surface area contributed by atoms with Gasteiger partial charge in [-0.1, -0.05) is 18.2 Å². The first-order valence-corrected chi connectivity index (χ1v) is 11.5. The van der Waals surface area contributed by atoms with Crippen LogP contribution in [0.3, 0.4) is 0 Å². The molecular formula is C24H35IN6O2. The van der Waals surface area contributed by atoms with Crippen LogP contribution in [0.15, 0.2) is 47.6 Å². The highest BCUT2D eigenvalue weighted by molar-refractivity contribution is 14.0. The van der Waals surface area contributed by atoms with Gasteiger partial charge in [-0.05, 0) is 25.1 Å². The molecule has 0 amide bonds. The summed E-state index contributed by atoms with van der Waals surface area (Å²) in [6.07, 6.45) is 1.86. The van der Waals surface area contributed by atoms with Crippen LogP contribution in [0.2, 0.25) is 0 Å². The minimum atomic E-state index is 0. The van der Waals surface area contributed by atoms with Gasteiger partial charge in [-0.25, -0.2) is 9.98 Å². The molecular weight excluding hydrogens is 531 g/mol. The van der Waals surface area contributed by atoms with Crippen molar-refractivity contribution in [2.24, 2.45) is 4.99 Å². The molecule has 2 saturated heterocycles. The first-order valence-electron chi connectivity index (χ1n) is 11.5. The van der Waals surface area contributed by atoms with E-state index >= 15 is 0 Å². The zero-order chi connectivity index (χ0) is 22.2. The number of anilines is 2. The summed E-state index contributed by atoms with van der Waals surface area (Å²) in [5.41, 5.74) is 2.31. The normalized spacial score (nSPS) is 16.9. The van der Waals surface area contributed by atoms with Crippen molar-refractivity contribution in [3.63, 3.8) is 0 Å². The number of para-hydroxylation sites is 2. The number of ether oxygens (including phenoxy) is 2. The largest absolute Gasteiger partial charge is 0.495 e. The first kappa shape index (κ1) is 25.4. The molecule has 1 aromatic heterocycles. The molecule has 3 heterocycles. The molecule has 9 heteroatoms. The molecule has 0 saturated carbocycles. The number of halogens is 1. The van der Waals surface area contributed by atoms with Crippen LogP contribution < -0.4 is 19.9 Å². The van der Waals surface area contributed by atoms with Gasteiger partial charge in [0.05, 0.1) is 32.6 Å². The second-order valence-electron chi connectivity index (χ2n) is 7.90. The lowest BCUT2D eigenvalue weighted by atomic mass is 10.2. The second kappa shape index (κ2) is 12.8. The van der Waals surface area contributed by atoms with E-state index in [1.807, 2.05) is 24.4 Å². The van der Waals surface area contributed by atoms with Gasteiger partial charge in [-0.15, -0.1) is 24.0 Å². The number of morpholine rings is 1. The number of aliphatic imine (C=N–C) groups is 1. The Labute approximate surface area is 214 Å². The topological polar surface area (TPSA) is 65.5 Å². The molecule has 2 aliphatic rings. The van der Waals surface area contributed by atoms with E-state index in [-0.39, 0.29) is 24.0 Å². The summed E-state index contributed by atoms with van der Waals surface area (Å²) in [5.74, 6) is 2.91. The predicted molar refractivity (Wildman–Crippen MR) is 144 cm³/mol. The van der Waals surface area contributed by atoms with Crippen molar-refractivity contribution in [1.29, 1.82) is 0 Å². The number of methoxy groups -OCH3 is 1. The van der Waals surface area contributed by atoms with Crippen LogP contribution in [-0.4, -0.2) is 82.0 Å². The van der Waals surface area contributed by atoms with Crippen LogP contribution >= 0.6 is 24.0 Å². The average molecular weight is 566 g/mol. The predicted octanol–water partition coefficient (Wildman–Crippen LogP) is 2.83. The molecule has 0 bridgehead atoms. The molecule has 4 rings (SSSR count). The van der Waals surface area contributed by atoms with Crippen molar-refractivity contribution in [2.45, 2.75) is 13.5 Å². The van der Waals surface area contributed by atoms with Gasteiger partial charge in [0.1, 0.15) is 11.6 Å². The van der Waals surface area contributed by atoms with Gasteiger partial charge < -0.3 is 29.5 Å². The minimum absolute atomic E-state index is 0. The highest BCUT2D eigenvalue weighted by Gasteiger charge is 2.22. The van der Waals surface area contributed by atoms with Crippen LogP contribution in [-0.2, 0) is 11.3 Å². The molecule has 1 N–H and O–H groups in total. The van der Waals surface area contributed by atoms with Gasteiger partial charge in [-0.2, -0.15) is 0 Å². The molecule has 180 valence electrons. The Balaban J connectivity index is 0.00000306. The second-order valence-corrected chi connectivity index (χ2v) is 7.90. The van der Waals surface area contributed by atoms with Crippen molar-refractivity contribution in [3.05, 3.63) is 48.2 Å². The van der Waals surface area contributed by atoms with Gasteiger partial charge in [0.25, 0.3) is 0 Å². The number of aromatic nitrogens is 1. The van der Waals surface area contributed by atoms with E-state index in [4.69, 9.17) is 14.5 Å². The molecule has 0 spiro atoms. The Morgan fingerprint density at radius 2 is 1.79 bits per heavy atom. The van der Waals surface area contributed by atoms with E-state index in [1.54, 1.807) is 7.11 Å². The average Bonchev–Trinajstić information content (AvgIpc) is 2.87. The Bertz CT molecular complexity index is 898. The first-order chi connectivity index (χ1) is 15.8. The van der Waals surface area contributed by atoms with E-state index in [2.05, 4.69) is 50.1 Å². The summed E-state index contributed by atoms with van der Waals surface area (Å²) in [5, 5.41) is 3.48. The third-order valence-corrected chi connectivity index (χ3v) is 5.92. The molecule has 33 heavy (non-hydrogen) atoms.